The summed E-state index contributed by atoms with van der Waals surface area (Å²) in [6, 6.07) is 9.19. The maximum atomic E-state index is 12.4. The van der Waals surface area contributed by atoms with Crippen LogP contribution in [0.15, 0.2) is 24.3 Å². The molecule has 5 nitrogen and oxygen atoms in total. The number of nitriles is 1. The molecule has 1 aliphatic heterocycles. The molecule has 2 unspecified atom stereocenters. The third kappa shape index (κ3) is 4.03. The second kappa shape index (κ2) is 6.70. The fourth-order valence-corrected chi connectivity index (χ4v) is 2.77. The minimum atomic E-state index is -0.431. The average Bonchev–Trinajstić information content (AvgIpc) is 2.79. The number of aliphatic hydroxyl groups excluding tert-OH is 1. The van der Waals surface area contributed by atoms with Gasteiger partial charge in [0.25, 0.3) is 0 Å². The molecule has 1 saturated heterocycles. The van der Waals surface area contributed by atoms with Crippen LogP contribution in [0.3, 0.4) is 0 Å². The molecular weight excluding hydrogens is 266 g/mol. The van der Waals surface area contributed by atoms with Crippen LogP contribution in [0.5, 0.6) is 0 Å². The van der Waals surface area contributed by atoms with E-state index >= 15 is 0 Å². The van der Waals surface area contributed by atoms with Crippen LogP contribution in [0, 0.1) is 11.3 Å². The fraction of sp³-hybridized carbons (Fsp3) is 0.500. The number of rotatable bonds is 4. The van der Waals surface area contributed by atoms with E-state index in [0.29, 0.717) is 24.9 Å². The summed E-state index contributed by atoms with van der Waals surface area (Å²) in [5.74, 6) is 0.0307. The van der Waals surface area contributed by atoms with Crippen LogP contribution in [-0.2, 0) is 11.2 Å². The lowest BCUT2D eigenvalue weighted by Gasteiger charge is -2.27. The number of likely N-dealkylation sites (tertiary alicyclic amines) is 1. The Morgan fingerprint density at radius 2 is 2.10 bits per heavy atom. The Morgan fingerprint density at radius 1 is 1.43 bits per heavy atom. The molecule has 112 valence electrons. The maximum absolute atomic E-state index is 12.4. The molecule has 2 rings (SSSR count). The molecule has 0 spiro atoms. The quantitative estimate of drug-likeness (QED) is 0.882. The van der Waals surface area contributed by atoms with Gasteiger partial charge in [0, 0.05) is 19.1 Å². The lowest BCUT2D eigenvalue weighted by atomic mass is 10.1. The van der Waals surface area contributed by atoms with Crippen LogP contribution in [0.2, 0.25) is 0 Å². The summed E-state index contributed by atoms with van der Waals surface area (Å²) < 4.78 is 0. The molecule has 1 aromatic rings. The molecule has 2 atom stereocenters. The molecule has 21 heavy (non-hydrogen) atoms. The zero-order valence-electron chi connectivity index (χ0n) is 12.5. The first kappa shape index (κ1) is 15.5. The van der Waals surface area contributed by atoms with E-state index in [1.165, 1.54) is 0 Å². The lowest BCUT2D eigenvalue weighted by Crippen LogP contribution is -2.42. The molecule has 0 radical (unpaired) electrons. The molecule has 1 amide bonds. The van der Waals surface area contributed by atoms with Gasteiger partial charge in [-0.25, -0.2) is 0 Å². The van der Waals surface area contributed by atoms with Gasteiger partial charge in [0.1, 0.15) is 0 Å². The topological polar surface area (TPSA) is 67.6 Å². The van der Waals surface area contributed by atoms with Crippen molar-refractivity contribution in [2.75, 3.05) is 27.2 Å². The predicted octanol–water partition coefficient (Wildman–Crippen LogP) is 0.624. The van der Waals surface area contributed by atoms with Crippen molar-refractivity contribution in [3.05, 3.63) is 35.4 Å². The zero-order chi connectivity index (χ0) is 15.4. The van der Waals surface area contributed by atoms with E-state index < -0.39 is 6.10 Å². The van der Waals surface area contributed by atoms with Crippen molar-refractivity contribution in [1.29, 1.82) is 5.26 Å². The Labute approximate surface area is 125 Å². The highest BCUT2D eigenvalue weighted by Crippen LogP contribution is 2.20. The van der Waals surface area contributed by atoms with E-state index in [4.69, 9.17) is 5.26 Å². The molecule has 1 aliphatic rings. The standard InChI is InChI=1S/C16H21N3O2/c1-18(2)10-14-8-15(20)11-19(14)16(21)7-12-3-5-13(9-17)6-4-12/h3-6,14-15,20H,7-8,10-11H2,1-2H3. The van der Waals surface area contributed by atoms with Gasteiger partial charge in [0.05, 0.1) is 24.2 Å². The van der Waals surface area contributed by atoms with Crippen LogP contribution in [0.25, 0.3) is 0 Å². The van der Waals surface area contributed by atoms with Crippen LogP contribution in [-0.4, -0.2) is 60.1 Å². The number of hydrogen-bond donors (Lipinski definition) is 1. The van der Waals surface area contributed by atoms with E-state index in [0.717, 1.165) is 12.1 Å². The Morgan fingerprint density at radius 3 is 2.67 bits per heavy atom. The summed E-state index contributed by atoms with van der Waals surface area (Å²) in [4.78, 5) is 16.3. The smallest absolute Gasteiger partial charge is 0.227 e. The SMILES string of the molecule is CN(C)CC1CC(O)CN1C(=O)Cc1ccc(C#N)cc1. The van der Waals surface area contributed by atoms with Crippen LogP contribution in [0.4, 0.5) is 0 Å². The number of nitrogens with zero attached hydrogens (tertiary/aromatic N) is 3. The van der Waals surface area contributed by atoms with Gasteiger partial charge in [-0.05, 0) is 38.2 Å². The molecule has 5 heteroatoms. The first-order valence-electron chi connectivity index (χ1n) is 7.11. The highest BCUT2D eigenvalue weighted by atomic mass is 16.3. The van der Waals surface area contributed by atoms with Gasteiger partial charge in [0.2, 0.25) is 5.91 Å². The molecule has 0 aromatic heterocycles. The predicted molar refractivity (Wildman–Crippen MR) is 79.5 cm³/mol. The third-order valence-electron chi connectivity index (χ3n) is 3.73. The number of carbonyl (C=O) groups is 1. The highest BCUT2D eigenvalue weighted by molar-refractivity contribution is 5.79. The summed E-state index contributed by atoms with van der Waals surface area (Å²) in [6.07, 6.45) is 0.513. The van der Waals surface area contributed by atoms with Crippen molar-refractivity contribution in [3.8, 4) is 6.07 Å². The Hall–Kier alpha value is -1.90. The van der Waals surface area contributed by atoms with Gasteiger partial charge < -0.3 is 14.9 Å². The summed E-state index contributed by atoms with van der Waals surface area (Å²) in [5, 5.41) is 18.6. The molecule has 1 aromatic carbocycles. The normalized spacial score (nSPS) is 21.6. The minimum absolute atomic E-state index is 0.0307. The molecule has 1 N–H and O–H groups in total. The maximum Gasteiger partial charge on any atom is 0.227 e. The molecule has 1 fully saturated rings. The summed E-state index contributed by atoms with van der Waals surface area (Å²) in [7, 11) is 3.93. The van der Waals surface area contributed by atoms with Crippen LogP contribution >= 0.6 is 0 Å². The van der Waals surface area contributed by atoms with E-state index in [1.54, 1.807) is 17.0 Å². The molecule has 0 saturated carbocycles. The van der Waals surface area contributed by atoms with Gasteiger partial charge in [0.15, 0.2) is 0 Å². The van der Waals surface area contributed by atoms with E-state index in [1.807, 2.05) is 31.1 Å². The van der Waals surface area contributed by atoms with Gasteiger partial charge in [-0.3, -0.25) is 4.79 Å². The van der Waals surface area contributed by atoms with Gasteiger partial charge in [-0.2, -0.15) is 5.26 Å². The van der Waals surface area contributed by atoms with Crippen LogP contribution in [0.1, 0.15) is 17.5 Å². The van der Waals surface area contributed by atoms with Gasteiger partial charge in [-0.15, -0.1) is 0 Å². The lowest BCUT2D eigenvalue weighted by molar-refractivity contribution is -0.131. The van der Waals surface area contributed by atoms with Crippen molar-refractivity contribution in [3.63, 3.8) is 0 Å². The number of β-amino-alcohol motifs (C(OH)–C–C–N with tert-alkyl or cyclic N) is 1. The summed E-state index contributed by atoms with van der Waals surface area (Å²) >= 11 is 0. The Bertz CT molecular complexity index is 533. The van der Waals surface area contributed by atoms with Crippen molar-refractivity contribution in [2.45, 2.75) is 25.0 Å². The van der Waals surface area contributed by atoms with Crippen molar-refractivity contribution in [2.24, 2.45) is 0 Å². The fourth-order valence-electron chi connectivity index (χ4n) is 2.77. The Balaban J connectivity index is 2.02. The molecular formula is C16H21N3O2. The minimum Gasteiger partial charge on any atom is -0.391 e. The number of carbonyl (C=O) groups excluding carboxylic acids is 1. The van der Waals surface area contributed by atoms with Crippen LogP contribution < -0.4 is 0 Å². The van der Waals surface area contributed by atoms with E-state index in [2.05, 4.69) is 6.07 Å². The molecule has 0 aliphatic carbocycles. The van der Waals surface area contributed by atoms with Crippen molar-refractivity contribution < 1.29 is 9.90 Å². The zero-order valence-corrected chi connectivity index (χ0v) is 12.5. The summed E-state index contributed by atoms with van der Waals surface area (Å²) in [6.45, 7) is 1.17. The molecule has 1 heterocycles. The van der Waals surface area contributed by atoms with E-state index in [9.17, 15) is 9.90 Å². The third-order valence-corrected chi connectivity index (χ3v) is 3.73. The first-order valence-corrected chi connectivity index (χ1v) is 7.11. The van der Waals surface area contributed by atoms with E-state index in [-0.39, 0.29) is 11.9 Å². The second-order valence-electron chi connectivity index (χ2n) is 5.84. The van der Waals surface area contributed by atoms with Gasteiger partial charge in [-0.1, -0.05) is 12.1 Å². The summed E-state index contributed by atoms with van der Waals surface area (Å²) in [5.41, 5.74) is 1.48. The number of benzene rings is 1. The number of hydrogen-bond acceptors (Lipinski definition) is 4. The van der Waals surface area contributed by atoms with Crippen molar-refractivity contribution >= 4 is 5.91 Å². The Kier molecular flexibility index (Phi) is 4.94. The average molecular weight is 287 g/mol. The second-order valence-corrected chi connectivity index (χ2v) is 5.84. The largest absolute Gasteiger partial charge is 0.391 e. The number of amides is 1. The van der Waals surface area contributed by atoms with Crippen molar-refractivity contribution in [1.82, 2.24) is 9.80 Å². The monoisotopic (exact) mass is 287 g/mol. The molecule has 0 bridgehead atoms. The van der Waals surface area contributed by atoms with Gasteiger partial charge >= 0.3 is 0 Å². The number of aliphatic hydroxyl groups is 1. The first-order chi connectivity index (χ1) is 9.99. The highest BCUT2D eigenvalue weighted by Gasteiger charge is 2.34. The number of likely N-dealkylation sites (N-methyl/N-ethyl adjacent to an activating group) is 1.